The van der Waals surface area contributed by atoms with E-state index in [1.807, 2.05) is 25.9 Å². The molecular weight excluding hydrogens is 374 g/mol. The number of likely N-dealkylation sites (N-methyl/N-ethyl adjacent to an activating group) is 1. The molecular formula is C18H22ClN3O3S. The first-order chi connectivity index (χ1) is 12.2. The standard InChI is InChI=1S/C18H22ClN3O3S/c1-13-7-8-15(12-17(13)19)21-18(23)14-5-4-6-16(11-14)26(24,25)20-9-10-22(2)3/h4-8,11-12,20H,9-10H2,1-3H3,(H,21,23). The number of rotatable bonds is 7. The molecule has 0 radical (unpaired) electrons. The van der Waals surface area contributed by atoms with Gasteiger partial charge in [-0.25, -0.2) is 13.1 Å². The van der Waals surface area contributed by atoms with E-state index < -0.39 is 15.9 Å². The Morgan fingerprint density at radius 3 is 2.54 bits per heavy atom. The number of hydrogen-bond donors (Lipinski definition) is 2. The second-order valence-electron chi connectivity index (χ2n) is 6.15. The molecule has 0 unspecified atom stereocenters. The number of hydrogen-bond acceptors (Lipinski definition) is 4. The van der Waals surface area contributed by atoms with Gasteiger partial charge in [0.2, 0.25) is 10.0 Å². The lowest BCUT2D eigenvalue weighted by Gasteiger charge is -2.12. The fourth-order valence-corrected chi connectivity index (χ4v) is 3.41. The molecule has 6 nitrogen and oxygen atoms in total. The highest BCUT2D eigenvalue weighted by Crippen LogP contribution is 2.21. The number of sulfonamides is 1. The van der Waals surface area contributed by atoms with Gasteiger partial charge in [-0.1, -0.05) is 23.7 Å². The molecule has 2 N–H and O–H groups in total. The number of amides is 1. The summed E-state index contributed by atoms with van der Waals surface area (Å²) in [6, 6.07) is 11.1. The number of carbonyl (C=O) groups excluding carboxylic acids is 1. The van der Waals surface area contributed by atoms with E-state index in [-0.39, 0.29) is 17.0 Å². The third kappa shape index (κ3) is 5.54. The zero-order valence-corrected chi connectivity index (χ0v) is 16.5. The molecule has 0 atom stereocenters. The second kappa shape index (κ2) is 8.64. The van der Waals surface area contributed by atoms with Gasteiger partial charge >= 0.3 is 0 Å². The monoisotopic (exact) mass is 395 g/mol. The molecule has 0 aliphatic rings. The molecule has 1 amide bonds. The number of nitrogens with zero attached hydrogens (tertiary/aromatic N) is 1. The molecule has 2 aromatic rings. The quantitative estimate of drug-likeness (QED) is 0.755. The SMILES string of the molecule is Cc1ccc(NC(=O)c2cccc(S(=O)(=O)NCCN(C)C)c2)cc1Cl. The molecule has 0 saturated heterocycles. The Hall–Kier alpha value is -1.93. The van der Waals surface area contributed by atoms with Crippen LogP contribution in [-0.2, 0) is 10.0 Å². The van der Waals surface area contributed by atoms with Crippen LogP contribution in [0.2, 0.25) is 5.02 Å². The Bertz CT molecular complexity index is 898. The smallest absolute Gasteiger partial charge is 0.255 e. The van der Waals surface area contributed by atoms with Crippen LogP contribution >= 0.6 is 11.6 Å². The maximum absolute atomic E-state index is 12.4. The normalized spacial score (nSPS) is 11.6. The van der Waals surface area contributed by atoms with Crippen molar-refractivity contribution in [1.82, 2.24) is 9.62 Å². The molecule has 0 heterocycles. The highest BCUT2D eigenvalue weighted by Gasteiger charge is 2.16. The Morgan fingerprint density at radius 1 is 1.15 bits per heavy atom. The fourth-order valence-electron chi connectivity index (χ4n) is 2.17. The van der Waals surface area contributed by atoms with Crippen LogP contribution in [0, 0.1) is 6.92 Å². The minimum Gasteiger partial charge on any atom is -0.322 e. The highest BCUT2D eigenvalue weighted by atomic mass is 35.5. The molecule has 0 spiro atoms. The van der Waals surface area contributed by atoms with Crippen molar-refractivity contribution in [3.8, 4) is 0 Å². The number of halogens is 1. The van der Waals surface area contributed by atoms with Crippen LogP contribution in [0.5, 0.6) is 0 Å². The lowest BCUT2D eigenvalue weighted by Crippen LogP contribution is -2.31. The fraction of sp³-hybridized carbons (Fsp3) is 0.278. The van der Waals surface area contributed by atoms with E-state index in [0.717, 1.165) is 5.56 Å². The molecule has 0 fully saturated rings. The molecule has 0 aliphatic carbocycles. The minimum atomic E-state index is -3.67. The predicted molar refractivity (Wildman–Crippen MR) is 104 cm³/mol. The number of nitrogens with one attached hydrogen (secondary N) is 2. The third-order valence-electron chi connectivity index (χ3n) is 3.69. The van der Waals surface area contributed by atoms with Gasteiger partial charge < -0.3 is 10.2 Å². The first kappa shape index (κ1) is 20.4. The van der Waals surface area contributed by atoms with E-state index in [1.165, 1.54) is 18.2 Å². The van der Waals surface area contributed by atoms with Crippen molar-refractivity contribution in [2.45, 2.75) is 11.8 Å². The van der Waals surface area contributed by atoms with Gasteiger partial charge in [-0.3, -0.25) is 4.79 Å². The molecule has 0 saturated carbocycles. The summed E-state index contributed by atoms with van der Waals surface area (Å²) in [6.07, 6.45) is 0. The first-order valence-electron chi connectivity index (χ1n) is 8.01. The molecule has 140 valence electrons. The van der Waals surface area contributed by atoms with Gasteiger partial charge in [0.15, 0.2) is 0 Å². The summed E-state index contributed by atoms with van der Waals surface area (Å²) >= 11 is 6.06. The molecule has 0 bridgehead atoms. The number of benzene rings is 2. The van der Waals surface area contributed by atoms with Gasteiger partial charge in [-0.05, 0) is 56.9 Å². The van der Waals surface area contributed by atoms with E-state index >= 15 is 0 Å². The average molecular weight is 396 g/mol. The van der Waals surface area contributed by atoms with Crippen molar-refractivity contribution in [3.05, 3.63) is 58.6 Å². The summed E-state index contributed by atoms with van der Waals surface area (Å²) in [5.74, 6) is -0.407. The number of carbonyl (C=O) groups is 1. The van der Waals surface area contributed by atoms with Crippen molar-refractivity contribution >= 4 is 33.2 Å². The Morgan fingerprint density at radius 2 is 1.88 bits per heavy atom. The summed E-state index contributed by atoms with van der Waals surface area (Å²) in [7, 11) is 0.0405. The lowest BCUT2D eigenvalue weighted by atomic mass is 10.2. The molecule has 2 rings (SSSR count). The summed E-state index contributed by atoms with van der Waals surface area (Å²) < 4.78 is 27.2. The summed E-state index contributed by atoms with van der Waals surface area (Å²) in [5.41, 5.74) is 1.70. The zero-order chi connectivity index (χ0) is 19.3. The number of aryl methyl sites for hydroxylation is 1. The van der Waals surface area contributed by atoms with Crippen molar-refractivity contribution in [2.24, 2.45) is 0 Å². The van der Waals surface area contributed by atoms with Crippen LogP contribution in [-0.4, -0.2) is 46.4 Å². The second-order valence-corrected chi connectivity index (χ2v) is 8.32. The predicted octanol–water partition coefficient (Wildman–Crippen LogP) is 2.74. The van der Waals surface area contributed by atoms with Crippen molar-refractivity contribution < 1.29 is 13.2 Å². The van der Waals surface area contributed by atoms with Gasteiger partial charge in [0.1, 0.15) is 0 Å². The van der Waals surface area contributed by atoms with Crippen LogP contribution in [0.15, 0.2) is 47.4 Å². The van der Waals surface area contributed by atoms with Crippen LogP contribution < -0.4 is 10.0 Å². The van der Waals surface area contributed by atoms with Crippen LogP contribution in [0.3, 0.4) is 0 Å². The van der Waals surface area contributed by atoms with Gasteiger partial charge in [0.25, 0.3) is 5.91 Å². The van der Waals surface area contributed by atoms with E-state index in [0.29, 0.717) is 17.3 Å². The molecule has 8 heteroatoms. The summed E-state index contributed by atoms with van der Waals surface area (Å²) in [5, 5.41) is 3.26. The van der Waals surface area contributed by atoms with Crippen molar-refractivity contribution in [3.63, 3.8) is 0 Å². The molecule has 26 heavy (non-hydrogen) atoms. The van der Waals surface area contributed by atoms with Crippen LogP contribution in [0.25, 0.3) is 0 Å². The van der Waals surface area contributed by atoms with Crippen LogP contribution in [0.4, 0.5) is 5.69 Å². The highest BCUT2D eigenvalue weighted by molar-refractivity contribution is 7.89. The topological polar surface area (TPSA) is 78.5 Å². The molecule has 0 aliphatic heterocycles. The zero-order valence-electron chi connectivity index (χ0n) is 14.9. The van der Waals surface area contributed by atoms with Gasteiger partial charge in [0.05, 0.1) is 4.90 Å². The molecule has 0 aromatic heterocycles. The van der Waals surface area contributed by atoms with Crippen LogP contribution in [0.1, 0.15) is 15.9 Å². The summed E-state index contributed by atoms with van der Waals surface area (Å²) in [4.78, 5) is 14.3. The Kier molecular flexibility index (Phi) is 6.77. The summed E-state index contributed by atoms with van der Waals surface area (Å²) in [6.45, 7) is 2.73. The average Bonchev–Trinajstić information content (AvgIpc) is 2.58. The van der Waals surface area contributed by atoms with E-state index in [4.69, 9.17) is 11.6 Å². The van der Waals surface area contributed by atoms with Gasteiger partial charge in [0, 0.05) is 29.4 Å². The number of anilines is 1. The Labute approximate surface area is 159 Å². The van der Waals surface area contributed by atoms with Crippen molar-refractivity contribution in [2.75, 3.05) is 32.5 Å². The largest absolute Gasteiger partial charge is 0.322 e. The first-order valence-corrected chi connectivity index (χ1v) is 9.87. The molecule has 2 aromatic carbocycles. The van der Waals surface area contributed by atoms with Crippen molar-refractivity contribution in [1.29, 1.82) is 0 Å². The van der Waals surface area contributed by atoms with E-state index in [9.17, 15) is 13.2 Å². The van der Waals surface area contributed by atoms with E-state index in [2.05, 4.69) is 10.0 Å². The third-order valence-corrected chi connectivity index (χ3v) is 5.55. The van der Waals surface area contributed by atoms with Gasteiger partial charge in [-0.2, -0.15) is 0 Å². The Balaban J connectivity index is 2.14. The minimum absolute atomic E-state index is 0.0471. The van der Waals surface area contributed by atoms with E-state index in [1.54, 1.807) is 24.3 Å². The maximum atomic E-state index is 12.4. The maximum Gasteiger partial charge on any atom is 0.255 e. The van der Waals surface area contributed by atoms with Gasteiger partial charge in [-0.15, -0.1) is 0 Å². The lowest BCUT2D eigenvalue weighted by molar-refractivity contribution is 0.102.